The van der Waals surface area contributed by atoms with Crippen molar-refractivity contribution in [1.29, 1.82) is 0 Å². The lowest BCUT2D eigenvalue weighted by Crippen LogP contribution is -2.22. The summed E-state index contributed by atoms with van der Waals surface area (Å²) in [6, 6.07) is 6.40. The summed E-state index contributed by atoms with van der Waals surface area (Å²) in [4.78, 5) is 13.4. The van der Waals surface area contributed by atoms with Crippen molar-refractivity contribution in [2.24, 2.45) is 0 Å². The molecule has 0 radical (unpaired) electrons. The number of nitrogen functional groups attached to an aromatic ring is 1. The largest absolute Gasteiger partial charge is 0.384 e. The van der Waals surface area contributed by atoms with Crippen LogP contribution >= 0.6 is 11.3 Å². The van der Waals surface area contributed by atoms with Crippen molar-refractivity contribution in [3.05, 3.63) is 40.0 Å². The summed E-state index contributed by atoms with van der Waals surface area (Å²) in [6.45, 7) is 5.02. The lowest BCUT2D eigenvalue weighted by Gasteiger charge is -2.22. The molecule has 0 fully saturated rings. The third-order valence-electron chi connectivity index (χ3n) is 2.95. The molecule has 2 aromatic rings. The average molecular weight is 262 g/mol. The molecule has 4 nitrogen and oxygen atoms in total. The zero-order valence-corrected chi connectivity index (χ0v) is 11.7. The molecule has 2 aromatic heterocycles. The number of aryl methyl sites for hydroxylation is 1. The Labute approximate surface area is 111 Å². The third-order valence-corrected chi connectivity index (χ3v) is 4.12. The molecule has 2 N–H and O–H groups in total. The molecule has 0 unspecified atom stereocenters. The second-order valence-corrected chi connectivity index (χ2v) is 5.76. The second-order valence-electron chi connectivity index (χ2n) is 4.44. The Bertz CT molecular complexity index is 523. The number of nitrogens with two attached hydrogens (primary N) is 1. The van der Waals surface area contributed by atoms with Gasteiger partial charge in [-0.2, -0.15) is 0 Å². The van der Waals surface area contributed by atoms with Crippen molar-refractivity contribution >= 4 is 17.2 Å². The fourth-order valence-corrected chi connectivity index (χ4v) is 2.74. The Morgan fingerprint density at radius 1 is 1.39 bits per heavy atom. The SMILES string of the molecule is Cc1ccc([C@@H](C)N(C)Cc2nccc(N)n2)s1. The molecule has 0 bridgehead atoms. The molecule has 5 heteroatoms. The van der Waals surface area contributed by atoms with E-state index in [1.165, 1.54) is 9.75 Å². The van der Waals surface area contributed by atoms with Crippen LogP contribution < -0.4 is 5.73 Å². The topological polar surface area (TPSA) is 55.0 Å². The maximum Gasteiger partial charge on any atom is 0.144 e. The first-order valence-electron chi connectivity index (χ1n) is 5.90. The summed E-state index contributed by atoms with van der Waals surface area (Å²) < 4.78 is 0. The second kappa shape index (κ2) is 5.46. The van der Waals surface area contributed by atoms with Gasteiger partial charge in [0.15, 0.2) is 0 Å². The van der Waals surface area contributed by atoms with E-state index in [2.05, 4.69) is 47.9 Å². The summed E-state index contributed by atoms with van der Waals surface area (Å²) in [5.41, 5.74) is 5.66. The highest BCUT2D eigenvalue weighted by Gasteiger charge is 2.14. The van der Waals surface area contributed by atoms with Gasteiger partial charge in [-0.25, -0.2) is 9.97 Å². The van der Waals surface area contributed by atoms with Gasteiger partial charge in [0.25, 0.3) is 0 Å². The highest BCUT2D eigenvalue weighted by Crippen LogP contribution is 2.26. The third kappa shape index (κ3) is 3.05. The minimum absolute atomic E-state index is 0.355. The van der Waals surface area contributed by atoms with E-state index in [9.17, 15) is 0 Å². The lowest BCUT2D eigenvalue weighted by atomic mass is 10.2. The summed E-state index contributed by atoms with van der Waals surface area (Å²) in [5, 5.41) is 0. The van der Waals surface area contributed by atoms with Crippen LogP contribution in [0.1, 0.15) is 28.5 Å². The van der Waals surface area contributed by atoms with E-state index in [0.29, 0.717) is 18.4 Å². The molecule has 0 amide bonds. The summed E-state index contributed by atoms with van der Waals surface area (Å²) in [7, 11) is 2.08. The molecule has 0 aliphatic carbocycles. The quantitative estimate of drug-likeness (QED) is 0.920. The molecule has 96 valence electrons. The van der Waals surface area contributed by atoms with E-state index in [4.69, 9.17) is 5.73 Å². The highest BCUT2D eigenvalue weighted by atomic mass is 32.1. The van der Waals surface area contributed by atoms with E-state index in [-0.39, 0.29) is 0 Å². The molecule has 0 saturated carbocycles. The van der Waals surface area contributed by atoms with E-state index >= 15 is 0 Å². The van der Waals surface area contributed by atoms with Gasteiger partial charge in [-0.3, -0.25) is 4.90 Å². The van der Waals surface area contributed by atoms with Crippen molar-refractivity contribution in [2.75, 3.05) is 12.8 Å². The number of hydrogen-bond acceptors (Lipinski definition) is 5. The van der Waals surface area contributed by atoms with Gasteiger partial charge in [0, 0.05) is 22.0 Å². The first-order valence-corrected chi connectivity index (χ1v) is 6.72. The smallest absolute Gasteiger partial charge is 0.144 e. The summed E-state index contributed by atoms with van der Waals surface area (Å²) in [6.07, 6.45) is 1.70. The Balaban J connectivity index is 2.05. The Hall–Kier alpha value is -1.46. The number of anilines is 1. The molecule has 1 atom stereocenters. The summed E-state index contributed by atoms with van der Waals surface area (Å²) >= 11 is 1.83. The number of nitrogens with zero attached hydrogens (tertiary/aromatic N) is 3. The number of thiophene rings is 1. The first-order chi connectivity index (χ1) is 8.56. The maximum absolute atomic E-state index is 5.66. The van der Waals surface area contributed by atoms with Crippen LogP contribution in [0.25, 0.3) is 0 Å². The van der Waals surface area contributed by atoms with E-state index in [0.717, 1.165) is 5.82 Å². The molecule has 0 aliphatic rings. The van der Waals surface area contributed by atoms with Gasteiger partial charge < -0.3 is 5.73 Å². The Kier molecular flexibility index (Phi) is 3.93. The molecular weight excluding hydrogens is 244 g/mol. The van der Waals surface area contributed by atoms with Crippen LogP contribution in [0.4, 0.5) is 5.82 Å². The van der Waals surface area contributed by atoms with Crippen LogP contribution in [-0.2, 0) is 6.54 Å². The highest BCUT2D eigenvalue weighted by molar-refractivity contribution is 7.12. The molecule has 2 rings (SSSR count). The standard InChI is InChI=1S/C13H18N4S/c1-9-4-5-11(18-9)10(2)17(3)8-13-15-7-6-12(14)16-13/h4-7,10H,8H2,1-3H3,(H2,14,15,16)/t10-/m1/s1. The van der Waals surface area contributed by atoms with Gasteiger partial charge in [0.2, 0.25) is 0 Å². The molecule has 0 aliphatic heterocycles. The van der Waals surface area contributed by atoms with Crippen LogP contribution in [-0.4, -0.2) is 21.9 Å². The van der Waals surface area contributed by atoms with Gasteiger partial charge in [0.1, 0.15) is 11.6 Å². The van der Waals surface area contributed by atoms with E-state index < -0.39 is 0 Å². The van der Waals surface area contributed by atoms with Gasteiger partial charge in [-0.15, -0.1) is 11.3 Å². The zero-order chi connectivity index (χ0) is 13.1. The predicted octanol–water partition coefficient (Wildman–Crippen LogP) is 2.62. The van der Waals surface area contributed by atoms with Crippen LogP contribution in [0.2, 0.25) is 0 Å². The molecule has 2 heterocycles. The Morgan fingerprint density at radius 3 is 2.78 bits per heavy atom. The number of hydrogen-bond donors (Lipinski definition) is 1. The van der Waals surface area contributed by atoms with Crippen molar-refractivity contribution in [3.8, 4) is 0 Å². The normalized spacial score (nSPS) is 12.9. The van der Waals surface area contributed by atoms with Crippen molar-refractivity contribution < 1.29 is 0 Å². The fourth-order valence-electron chi connectivity index (χ4n) is 1.75. The van der Waals surface area contributed by atoms with Crippen molar-refractivity contribution in [3.63, 3.8) is 0 Å². The van der Waals surface area contributed by atoms with Crippen LogP contribution in [0.5, 0.6) is 0 Å². The van der Waals surface area contributed by atoms with Crippen LogP contribution in [0.3, 0.4) is 0 Å². The minimum Gasteiger partial charge on any atom is -0.384 e. The van der Waals surface area contributed by atoms with Crippen molar-refractivity contribution in [2.45, 2.75) is 26.4 Å². The van der Waals surface area contributed by atoms with Crippen LogP contribution in [0, 0.1) is 6.92 Å². The van der Waals surface area contributed by atoms with Gasteiger partial charge >= 0.3 is 0 Å². The molecule has 0 spiro atoms. The number of rotatable bonds is 4. The molecule has 0 aromatic carbocycles. The number of aromatic nitrogens is 2. The first kappa shape index (κ1) is 13.0. The minimum atomic E-state index is 0.355. The summed E-state index contributed by atoms with van der Waals surface area (Å²) in [5.74, 6) is 1.28. The average Bonchev–Trinajstić information content (AvgIpc) is 2.75. The zero-order valence-electron chi connectivity index (χ0n) is 10.9. The van der Waals surface area contributed by atoms with Gasteiger partial charge in [-0.1, -0.05) is 0 Å². The van der Waals surface area contributed by atoms with Crippen molar-refractivity contribution in [1.82, 2.24) is 14.9 Å². The molecular formula is C13H18N4S. The van der Waals surface area contributed by atoms with Crippen LogP contribution in [0.15, 0.2) is 24.4 Å². The fraction of sp³-hybridized carbons (Fsp3) is 0.385. The molecule has 0 saturated heterocycles. The van der Waals surface area contributed by atoms with Gasteiger partial charge in [-0.05, 0) is 39.1 Å². The van der Waals surface area contributed by atoms with E-state index in [1.54, 1.807) is 12.3 Å². The predicted molar refractivity (Wildman–Crippen MR) is 75.4 cm³/mol. The Morgan fingerprint density at radius 2 is 2.17 bits per heavy atom. The van der Waals surface area contributed by atoms with Gasteiger partial charge in [0.05, 0.1) is 6.54 Å². The molecule has 18 heavy (non-hydrogen) atoms. The maximum atomic E-state index is 5.66. The van der Waals surface area contributed by atoms with E-state index in [1.807, 2.05) is 11.3 Å². The lowest BCUT2D eigenvalue weighted by molar-refractivity contribution is 0.250. The monoisotopic (exact) mass is 262 g/mol.